The molecule has 0 aromatic heterocycles. The summed E-state index contributed by atoms with van der Waals surface area (Å²) in [5.74, 6) is -1.43. The maximum absolute atomic E-state index is 11.8. The van der Waals surface area contributed by atoms with Gasteiger partial charge < -0.3 is 10.0 Å². The van der Waals surface area contributed by atoms with Crippen LogP contribution in [0.3, 0.4) is 0 Å². The van der Waals surface area contributed by atoms with Gasteiger partial charge in [-0.25, -0.2) is 8.42 Å². The summed E-state index contributed by atoms with van der Waals surface area (Å²) in [4.78, 5) is 23.8. The van der Waals surface area contributed by atoms with Gasteiger partial charge >= 0.3 is 5.97 Å². The number of carbonyl (C=O) groups excluding carboxylic acids is 1. The fourth-order valence-electron chi connectivity index (χ4n) is 1.49. The lowest BCUT2D eigenvalue weighted by Crippen LogP contribution is -2.41. The van der Waals surface area contributed by atoms with Crippen molar-refractivity contribution in [2.24, 2.45) is 0 Å². The first-order chi connectivity index (χ1) is 8.17. The number of hydrogen-bond donors (Lipinski definition) is 1. The van der Waals surface area contributed by atoms with Gasteiger partial charge in [0.2, 0.25) is 5.91 Å². The van der Waals surface area contributed by atoms with Crippen molar-refractivity contribution < 1.29 is 23.1 Å². The first kappa shape index (κ1) is 16.9. The van der Waals surface area contributed by atoms with E-state index in [1.807, 2.05) is 6.92 Å². The molecule has 1 atom stereocenters. The van der Waals surface area contributed by atoms with E-state index >= 15 is 0 Å². The molecule has 1 N–H and O–H groups in total. The fraction of sp³-hybridized carbons (Fsp3) is 0.818. The lowest BCUT2D eigenvalue weighted by atomic mass is 10.2. The molecule has 0 radical (unpaired) electrons. The number of rotatable bonds is 8. The summed E-state index contributed by atoms with van der Waals surface area (Å²) in [5, 5.41) is 8.74. The van der Waals surface area contributed by atoms with Gasteiger partial charge in [-0.1, -0.05) is 6.92 Å². The van der Waals surface area contributed by atoms with Crippen LogP contribution < -0.4 is 0 Å². The van der Waals surface area contributed by atoms with Gasteiger partial charge in [-0.3, -0.25) is 9.59 Å². The van der Waals surface area contributed by atoms with Gasteiger partial charge in [-0.2, -0.15) is 0 Å². The average Bonchev–Trinajstić information content (AvgIpc) is 2.22. The van der Waals surface area contributed by atoms with Gasteiger partial charge in [0.1, 0.15) is 16.4 Å². The molecule has 0 bridgehead atoms. The Hall–Kier alpha value is -1.11. The van der Waals surface area contributed by atoms with Crippen LogP contribution in [0.2, 0.25) is 0 Å². The third kappa shape index (κ3) is 7.26. The molecule has 0 aliphatic carbocycles. The number of carboxylic acids is 1. The summed E-state index contributed by atoms with van der Waals surface area (Å²) >= 11 is 0. The summed E-state index contributed by atoms with van der Waals surface area (Å²) in [6.45, 7) is 3.30. The number of aliphatic carboxylic acids is 1. The molecule has 0 spiro atoms. The van der Waals surface area contributed by atoms with Crippen LogP contribution in [-0.4, -0.2) is 54.9 Å². The van der Waals surface area contributed by atoms with E-state index in [0.29, 0.717) is 6.42 Å². The number of carboxylic acid groups (broad SMARTS) is 1. The molecule has 0 saturated carbocycles. The zero-order valence-corrected chi connectivity index (χ0v) is 11.9. The van der Waals surface area contributed by atoms with Crippen molar-refractivity contribution in [2.45, 2.75) is 39.2 Å². The zero-order chi connectivity index (χ0) is 14.3. The maximum atomic E-state index is 11.8. The van der Waals surface area contributed by atoms with Crippen LogP contribution in [0.4, 0.5) is 0 Å². The summed E-state index contributed by atoms with van der Waals surface area (Å²) in [7, 11) is -3.08. The Kier molecular flexibility index (Phi) is 6.90. The normalized spacial score (nSPS) is 13.1. The number of amides is 1. The fourth-order valence-corrected chi connectivity index (χ4v) is 2.15. The summed E-state index contributed by atoms with van der Waals surface area (Å²) in [6, 6.07) is -0.160. The molecule has 7 heteroatoms. The highest BCUT2D eigenvalue weighted by Crippen LogP contribution is 2.08. The first-order valence-electron chi connectivity index (χ1n) is 5.86. The Balaban J connectivity index is 4.43. The zero-order valence-electron chi connectivity index (χ0n) is 11.0. The Bertz CT molecular complexity index is 390. The molecule has 0 rings (SSSR count). The lowest BCUT2D eigenvalue weighted by Gasteiger charge is -2.26. The van der Waals surface area contributed by atoms with Crippen LogP contribution in [0.1, 0.15) is 33.1 Å². The predicted molar refractivity (Wildman–Crippen MR) is 68.0 cm³/mol. The second-order valence-electron chi connectivity index (χ2n) is 4.41. The van der Waals surface area contributed by atoms with Gasteiger partial charge in [0.15, 0.2) is 0 Å². The van der Waals surface area contributed by atoms with Crippen molar-refractivity contribution in [3.05, 3.63) is 0 Å². The van der Waals surface area contributed by atoms with E-state index in [0.717, 1.165) is 6.26 Å². The minimum absolute atomic E-state index is 0.0554. The predicted octanol–water partition coefficient (Wildman–Crippen LogP) is 0.523. The highest BCUT2D eigenvalue weighted by Gasteiger charge is 2.21. The Morgan fingerprint density at radius 1 is 1.33 bits per heavy atom. The highest BCUT2D eigenvalue weighted by atomic mass is 32.2. The van der Waals surface area contributed by atoms with E-state index in [1.165, 1.54) is 4.90 Å². The molecule has 1 amide bonds. The molecule has 0 aliphatic heterocycles. The van der Waals surface area contributed by atoms with Crippen molar-refractivity contribution in [1.29, 1.82) is 0 Å². The van der Waals surface area contributed by atoms with E-state index in [2.05, 4.69) is 0 Å². The smallest absolute Gasteiger partial charge is 0.323 e. The number of sulfone groups is 1. The van der Waals surface area contributed by atoms with Crippen molar-refractivity contribution in [3.8, 4) is 0 Å². The first-order valence-corrected chi connectivity index (χ1v) is 7.92. The summed E-state index contributed by atoms with van der Waals surface area (Å²) in [6.07, 6.45) is 2.06. The minimum atomic E-state index is -3.08. The molecular formula is C11H21NO5S. The molecule has 106 valence electrons. The van der Waals surface area contributed by atoms with Crippen LogP contribution in [0.15, 0.2) is 0 Å². The molecule has 1 unspecified atom stereocenters. The third-order valence-corrected chi connectivity index (χ3v) is 3.68. The standard InChI is InChI=1S/C11H21NO5S/c1-4-9(2)12(8-11(14)15)10(13)6-5-7-18(3,16)17/h9H,4-8H2,1-3H3,(H,14,15). The van der Waals surface area contributed by atoms with E-state index in [-0.39, 0.29) is 37.1 Å². The van der Waals surface area contributed by atoms with E-state index < -0.39 is 15.8 Å². The molecule has 18 heavy (non-hydrogen) atoms. The average molecular weight is 279 g/mol. The van der Waals surface area contributed by atoms with Crippen LogP contribution in [0.25, 0.3) is 0 Å². The van der Waals surface area contributed by atoms with E-state index in [9.17, 15) is 18.0 Å². The number of hydrogen-bond acceptors (Lipinski definition) is 4. The molecule has 0 aliphatic rings. The second-order valence-corrected chi connectivity index (χ2v) is 6.67. The second kappa shape index (κ2) is 7.35. The topological polar surface area (TPSA) is 91.8 Å². The van der Waals surface area contributed by atoms with Gasteiger partial charge in [0.05, 0.1) is 5.75 Å². The SMILES string of the molecule is CCC(C)N(CC(=O)O)C(=O)CCCS(C)(=O)=O. The Morgan fingerprint density at radius 2 is 1.89 bits per heavy atom. The minimum Gasteiger partial charge on any atom is -0.480 e. The lowest BCUT2D eigenvalue weighted by molar-refractivity contribution is -0.146. The van der Waals surface area contributed by atoms with E-state index in [4.69, 9.17) is 5.11 Å². The molecule has 0 saturated heterocycles. The van der Waals surface area contributed by atoms with Crippen LogP contribution in [0, 0.1) is 0 Å². The van der Waals surface area contributed by atoms with Gasteiger partial charge in [-0.15, -0.1) is 0 Å². The van der Waals surface area contributed by atoms with Crippen molar-refractivity contribution in [2.75, 3.05) is 18.6 Å². The number of nitrogens with zero attached hydrogens (tertiary/aromatic N) is 1. The monoisotopic (exact) mass is 279 g/mol. The molecular weight excluding hydrogens is 258 g/mol. The molecule has 0 heterocycles. The third-order valence-electron chi connectivity index (χ3n) is 2.65. The van der Waals surface area contributed by atoms with Crippen LogP contribution in [0.5, 0.6) is 0 Å². The van der Waals surface area contributed by atoms with Gasteiger partial charge in [0.25, 0.3) is 0 Å². The molecule has 0 aromatic carbocycles. The summed E-state index contributed by atoms with van der Waals surface area (Å²) in [5.41, 5.74) is 0. The van der Waals surface area contributed by atoms with Crippen molar-refractivity contribution in [3.63, 3.8) is 0 Å². The van der Waals surface area contributed by atoms with Crippen molar-refractivity contribution >= 4 is 21.7 Å². The van der Waals surface area contributed by atoms with Gasteiger partial charge in [0, 0.05) is 18.7 Å². The highest BCUT2D eigenvalue weighted by molar-refractivity contribution is 7.90. The molecule has 6 nitrogen and oxygen atoms in total. The van der Waals surface area contributed by atoms with Crippen LogP contribution in [-0.2, 0) is 19.4 Å². The Labute approximate surface area is 108 Å². The quantitative estimate of drug-likeness (QED) is 0.699. The van der Waals surface area contributed by atoms with Crippen LogP contribution >= 0.6 is 0 Å². The van der Waals surface area contributed by atoms with Crippen molar-refractivity contribution in [1.82, 2.24) is 4.90 Å². The van der Waals surface area contributed by atoms with Gasteiger partial charge in [-0.05, 0) is 19.8 Å². The maximum Gasteiger partial charge on any atom is 0.323 e. The largest absolute Gasteiger partial charge is 0.480 e. The molecule has 0 aromatic rings. The molecule has 0 fully saturated rings. The number of carbonyl (C=O) groups is 2. The Morgan fingerprint density at radius 3 is 2.28 bits per heavy atom. The van der Waals surface area contributed by atoms with E-state index in [1.54, 1.807) is 6.92 Å². The summed E-state index contributed by atoms with van der Waals surface area (Å²) < 4.78 is 21.9.